The number of carbonyl (C=O) groups excluding carboxylic acids is 1. The van der Waals surface area contributed by atoms with E-state index in [2.05, 4.69) is 5.10 Å². The van der Waals surface area contributed by atoms with Crippen LogP contribution in [-0.2, 0) is 13.2 Å². The molecule has 0 amide bonds. The number of benzene rings is 1. The summed E-state index contributed by atoms with van der Waals surface area (Å²) in [5, 5.41) is 4.22. The van der Waals surface area contributed by atoms with Crippen LogP contribution in [0, 0.1) is 18.6 Å². The predicted molar refractivity (Wildman–Crippen MR) is 68.7 cm³/mol. The van der Waals surface area contributed by atoms with E-state index in [1.54, 1.807) is 10.7 Å². The lowest BCUT2D eigenvalue weighted by Crippen LogP contribution is -2.07. The Kier molecular flexibility index (Phi) is 4.12. The average molecular weight is 280 g/mol. The van der Waals surface area contributed by atoms with E-state index in [0.29, 0.717) is 12.8 Å². The van der Waals surface area contributed by atoms with Crippen LogP contribution in [0.25, 0.3) is 0 Å². The van der Waals surface area contributed by atoms with Gasteiger partial charge in [0, 0.05) is 12.1 Å². The molecule has 106 valence electrons. The number of rotatable bonds is 5. The monoisotopic (exact) mass is 280 g/mol. The van der Waals surface area contributed by atoms with Crippen molar-refractivity contribution in [1.82, 2.24) is 9.78 Å². The van der Waals surface area contributed by atoms with Gasteiger partial charge in [0.15, 0.2) is 17.4 Å². The van der Waals surface area contributed by atoms with Crippen molar-refractivity contribution in [1.29, 1.82) is 0 Å². The number of aryl methyl sites for hydroxylation is 2. The number of aromatic nitrogens is 2. The minimum Gasteiger partial charge on any atom is -0.481 e. The maximum Gasteiger partial charge on any atom is 0.191 e. The molecule has 1 aromatic carbocycles. The highest BCUT2D eigenvalue weighted by atomic mass is 19.1. The van der Waals surface area contributed by atoms with Crippen molar-refractivity contribution in [3.8, 4) is 5.75 Å². The van der Waals surface area contributed by atoms with Gasteiger partial charge in [0.25, 0.3) is 0 Å². The summed E-state index contributed by atoms with van der Waals surface area (Å²) in [5.41, 5.74) is 1.47. The summed E-state index contributed by atoms with van der Waals surface area (Å²) in [5.74, 6) is -2.28. The lowest BCUT2D eigenvalue weighted by molar-refractivity contribution is 0.112. The number of halogens is 2. The Bertz CT molecular complexity index is 615. The first-order valence-electron chi connectivity index (χ1n) is 6.15. The van der Waals surface area contributed by atoms with E-state index >= 15 is 0 Å². The van der Waals surface area contributed by atoms with Crippen LogP contribution < -0.4 is 4.74 Å². The molecule has 0 radical (unpaired) electrons. The quantitative estimate of drug-likeness (QED) is 0.791. The Morgan fingerprint density at radius 1 is 1.30 bits per heavy atom. The maximum absolute atomic E-state index is 13.6. The van der Waals surface area contributed by atoms with Gasteiger partial charge < -0.3 is 4.74 Å². The molecule has 1 aromatic heterocycles. The molecule has 0 aliphatic heterocycles. The molecule has 0 saturated carbocycles. The van der Waals surface area contributed by atoms with Gasteiger partial charge in [-0.25, -0.2) is 8.78 Å². The standard InChI is InChI=1S/C14H14F2N2O2/c1-3-18-11(4-9(2)17-18)8-20-14-12(15)5-10(7-19)6-13(14)16/h4-7H,3,8H2,1-2H3. The zero-order valence-electron chi connectivity index (χ0n) is 11.2. The molecule has 6 heteroatoms. The summed E-state index contributed by atoms with van der Waals surface area (Å²) >= 11 is 0. The van der Waals surface area contributed by atoms with Crippen molar-refractivity contribution in [2.75, 3.05) is 0 Å². The zero-order valence-corrected chi connectivity index (χ0v) is 11.2. The van der Waals surface area contributed by atoms with E-state index in [9.17, 15) is 13.6 Å². The Labute approximate surface area is 115 Å². The Morgan fingerprint density at radius 3 is 2.50 bits per heavy atom. The molecule has 0 fully saturated rings. The van der Waals surface area contributed by atoms with Gasteiger partial charge in [0.1, 0.15) is 12.9 Å². The fraction of sp³-hybridized carbons (Fsp3) is 0.286. The molecule has 2 aromatic rings. The topological polar surface area (TPSA) is 44.1 Å². The van der Waals surface area contributed by atoms with Crippen LogP contribution in [-0.4, -0.2) is 16.1 Å². The molecule has 0 aliphatic carbocycles. The van der Waals surface area contributed by atoms with Gasteiger partial charge in [-0.15, -0.1) is 0 Å². The lowest BCUT2D eigenvalue weighted by atomic mass is 10.2. The highest BCUT2D eigenvalue weighted by molar-refractivity contribution is 5.75. The highest BCUT2D eigenvalue weighted by Gasteiger charge is 2.14. The lowest BCUT2D eigenvalue weighted by Gasteiger charge is -2.09. The molecule has 0 saturated heterocycles. The molecule has 0 aliphatic rings. The Hall–Kier alpha value is -2.24. The first kappa shape index (κ1) is 14.2. The second-order valence-electron chi connectivity index (χ2n) is 4.31. The Morgan fingerprint density at radius 2 is 1.95 bits per heavy atom. The van der Waals surface area contributed by atoms with Crippen LogP contribution in [0.5, 0.6) is 5.75 Å². The fourth-order valence-corrected chi connectivity index (χ4v) is 1.92. The molecular formula is C14H14F2N2O2. The minimum absolute atomic E-state index is 0.00293. The van der Waals surface area contributed by atoms with E-state index in [1.807, 2.05) is 13.8 Å². The molecule has 4 nitrogen and oxygen atoms in total. The smallest absolute Gasteiger partial charge is 0.191 e. The van der Waals surface area contributed by atoms with Gasteiger partial charge >= 0.3 is 0 Å². The Balaban J connectivity index is 2.20. The van der Waals surface area contributed by atoms with E-state index in [-0.39, 0.29) is 12.2 Å². The maximum atomic E-state index is 13.6. The van der Waals surface area contributed by atoms with Crippen LogP contribution >= 0.6 is 0 Å². The third kappa shape index (κ3) is 2.84. The van der Waals surface area contributed by atoms with Crippen LogP contribution in [0.4, 0.5) is 8.78 Å². The normalized spacial score (nSPS) is 10.6. The van der Waals surface area contributed by atoms with Gasteiger partial charge in [0.2, 0.25) is 0 Å². The van der Waals surface area contributed by atoms with E-state index in [0.717, 1.165) is 23.5 Å². The number of nitrogens with zero attached hydrogens (tertiary/aromatic N) is 2. The molecule has 20 heavy (non-hydrogen) atoms. The van der Waals surface area contributed by atoms with E-state index in [4.69, 9.17) is 4.74 Å². The average Bonchev–Trinajstić information content (AvgIpc) is 2.77. The first-order chi connectivity index (χ1) is 9.55. The summed E-state index contributed by atoms with van der Waals surface area (Å²) in [6.45, 7) is 4.39. The summed E-state index contributed by atoms with van der Waals surface area (Å²) in [6, 6.07) is 3.67. The summed E-state index contributed by atoms with van der Waals surface area (Å²) < 4.78 is 34.2. The molecule has 0 spiro atoms. The van der Waals surface area contributed by atoms with Crippen molar-refractivity contribution < 1.29 is 18.3 Å². The third-order valence-electron chi connectivity index (χ3n) is 2.81. The van der Waals surface area contributed by atoms with Crippen LogP contribution in [0.1, 0.15) is 28.7 Å². The molecular weight excluding hydrogens is 266 g/mol. The second-order valence-corrected chi connectivity index (χ2v) is 4.31. The van der Waals surface area contributed by atoms with Crippen LogP contribution in [0.3, 0.4) is 0 Å². The van der Waals surface area contributed by atoms with Gasteiger partial charge in [-0.3, -0.25) is 9.48 Å². The molecule has 2 rings (SSSR count). The van der Waals surface area contributed by atoms with Gasteiger partial charge in [0.05, 0.1) is 11.4 Å². The predicted octanol–water partition coefficient (Wildman–Crippen LogP) is 2.88. The largest absolute Gasteiger partial charge is 0.481 e. The van der Waals surface area contributed by atoms with Gasteiger partial charge in [-0.05, 0) is 32.0 Å². The number of carbonyl (C=O) groups is 1. The first-order valence-corrected chi connectivity index (χ1v) is 6.15. The summed E-state index contributed by atoms with van der Waals surface area (Å²) in [4.78, 5) is 10.5. The molecule has 0 unspecified atom stereocenters. The highest BCUT2D eigenvalue weighted by Crippen LogP contribution is 2.24. The molecule has 0 N–H and O–H groups in total. The molecule has 0 atom stereocenters. The third-order valence-corrected chi connectivity index (χ3v) is 2.81. The fourth-order valence-electron chi connectivity index (χ4n) is 1.92. The summed E-state index contributed by atoms with van der Waals surface area (Å²) in [6.07, 6.45) is 0.380. The van der Waals surface area contributed by atoms with Crippen molar-refractivity contribution >= 4 is 6.29 Å². The van der Waals surface area contributed by atoms with E-state index < -0.39 is 17.4 Å². The van der Waals surface area contributed by atoms with Crippen molar-refractivity contribution in [3.05, 3.63) is 46.8 Å². The second kappa shape index (κ2) is 5.81. The number of aldehydes is 1. The number of ether oxygens (including phenoxy) is 1. The van der Waals surface area contributed by atoms with Gasteiger partial charge in [-0.1, -0.05) is 0 Å². The van der Waals surface area contributed by atoms with Gasteiger partial charge in [-0.2, -0.15) is 5.10 Å². The number of hydrogen-bond donors (Lipinski definition) is 0. The molecule has 0 bridgehead atoms. The molecule has 1 heterocycles. The minimum atomic E-state index is -0.897. The number of hydrogen-bond acceptors (Lipinski definition) is 3. The van der Waals surface area contributed by atoms with Crippen molar-refractivity contribution in [2.24, 2.45) is 0 Å². The summed E-state index contributed by atoms with van der Waals surface area (Å²) in [7, 11) is 0. The SMILES string of the molecule is CCn1nc(C)cc1COc1c(F)cc(C=O)cc1F. The zero-order chi connectivity index (χ0) is 14.7. The van der Waals surface area contributed by atoms with Crippen LogP contribution in [0.2, 0.25) is 0 Å². The van der Waals surface area contributed by atoms with E-state index in [1.165, 1.54) is 0 Å². The van der Waals surface area contributed by atoms with Crippen molar-refractivity contribution in [2.45, 2.75) is 27.0 Å². The van der Waals surface area contributed by atoms with Crippen molar-refractivity contribution in [3.63, 3.8) is 0 Å². The van der Waals surface area contributed by atoms with Crippen LogP contribution in [0.15, 0.2) is 18.2 Å².